The van der Waals surface area contributed by atoms with E-state index in [1.54, 1.807) is 12.4 Å². The lowest BCUT2D eigenvalue weighted by Crippen LogP contribution is -2.04. The quantitative estimate of drug-likeness (QED) is 0.855. The van der Waals surface area contributed by atoms with Crippen LogP contribution in [0.3, 0.4) is 0 Å². The van der Waals surface area contributed by atoms with Gasteiger partial charge < -0.3 is 5.73 Å². The summed E-state index contributed by atoms with van der Waals surface area (Å²) in [5.41, 5.74) is 8.41. The maximum Gasteiger partial charge on any atom is 0.117 e. The largest absolute Gasteiger partial charge is 0.396 e. The molecule has 0 spiro atoms. The summed E-state index contributed by atoms with van der Waals surface area (Å²) in [6.07, 6.45) is 5.39. The fourth-order valence-electron chi connectivity index (χ4n) is 1.63. The number of nitrogens with two attached hydrogens (primary N) is 1. The van der Waals surface area contributed by atoms with Gasteiger partial charge in [-0.05, 0) is 18.1 Å². The van der Waals surface area contributed by atoms with Crippen molar-refractivity contribution in [1.82, 2.24) is 14.8 Å². The molecule has 0 saturated heterocycles. The van der Waals surface area contributed by atoms with Crippen LogP contribution in [0.4, 0.5) is 5.69 Å². The number of pyridine rings is 1. The van der Waals surface area contributed by atoms with Gasteiger partial charge in [0.1, 0.15) is 5.69 Å². The van der Waals surface area contributed by atoms with E-state index in [4.69, 9.17) is 5.73 Å². The Labute approximate surface area is 95.1 Å². The van der Waals surface area contributed by atoms with Crippen molar-refractivity contribution in [3.63, 3.8) is 0 Å². The zero-order chi connectivity index (χ0) is 11.5. The van der Waals surface area contributed by atoms with Crippen molar-refractivity contribution in [3.8, 4) is 11.3 Å². The Morgan fingerprint density at radius 3 is 2.88 bits per heavy atom. The Morgan fingerprint density at radius 1 is 1.44 bits per heavy atom. The Kier molecular flexibility index (Phi) is 2.90. The SMILES string of the molecule is CC(C)Cn1cc(N)c(-c2cccnc2)n1. The molecule has 0 aromatic carbocycles. The van der Waals surface area contributed by atoms with E-state index in [0.29, 0.717) is 11.6 Å². The highest BCUT2D eigenvalue weighted by atomic mass is 15.3. The number of aromatic nitrogens is 3. The molecule has 0 fully saturated rings. The summed E-state index contributed by atoms with van der Waals surface area (Å²) in [7, 11) is 0. The first kappa shape index (κ1) is 10.7. The van der Waals surface area contributed by atoms with E-state index >= 15 is 0 Å². The van der Waals surface area contributed by atoms with Crippen LogP contribution in [0.2, 0.25) is 0 Å². The Balaban J connectivity index is 2.32. The number of hydrogen-bond donors (Lipinski definition) is 1. The topological polar surface area (TPSA) is 56.7 Å². The van der Waals surface area contributed by atoms with Crippen molar-refractivity contribution in [1.29, 1.82) is 0 Å². The van der Waals surface area contributed by atoms with Crippen LogP contribution >= 0.6 is 0 Å². The second kappa shape index (κ2) is 4.35. The minimum absolute atomic E-state index is 0.557. The Morgan fingerprint density at radius 2 is 2.25 bits per heavy atom. The molecule has 2 N–H and O–H groups in total. The molecule has 0 radical (unpaired) electrons. The zero-order valence-corrected chi connectivity index (χ0v) is 9.59. The molecule has 16 heavy (non-hydrogen) atoms. The normalized spacial score (nSPS) is 10.9. The molecule has 2 rings (SSSR count). The fourth-order valence-corrected chi connectivity index (χ4v) is 1.63. The first-order chi connectivity index (χ1) is 7.66. The van der Waals surface area contributed by atoms with E-state index in [1.165, 1.54) is 0 Å². The van der Waals surface area contributed by atoms with Gasteiger partial charge in [-0.15, -0.1) is 0 Å². The van der Waals surface area contributed by atoms with Crippen molar-refractivity contribution >= 4 is 5.69 Å². The van der Waals surface area contributed by atoms with Crippen molar-refractivity contribution in [2.75, 3.05) is 5.73 Å². The molecule has 4 nitrogen and oxygen atoms in total. The summed E-state index contributed by atoms with van der Waals surface area (Å²) in [4.78, 5) is 4.07. The number of nitrogen functional groups attached to an aromatic ring is 1. The van der Waals surface area contributed by atoms with Crippen molar-refractivity contribution in [3.05, 3.63) is 30.7 Å². The third-order valence-corrected chi connectivity index (χ3v) is 2.28. The zero-order valence-electron chi connectivity index (χ0n) is 9.59. The molecule has 0 saturated carbocycles. The first-order valence-electron chi connectivity index (χ1n) is 5.40. The molecular weight excluding hydrogens is 200 g/mol. The minimum atomic E-state index is 0.557. The molecule has 0 bridgehead atoms. The van der Waals surface area contributed by atoms with Crippen molar-refractivity contribution in [2.24, 2.45) is 5.92 Å². The minimum Gasteiger partial charge on any atom is -0.396 e. The van der Waals surface area contributed by atoms with E-state index in [2.05, 4.69) is 23.9 Å². The summed E-state index contributed by atoms with van der Waals surface area (Å²) in [5, 5.41) is 4.47. The Hall–Kier alpha value is -1.84. The van der Waals surface area contributed by atoms with Crippen LogP contribution in [0.5, 0.6) is 0 Å². The monoisotopic (exact) mass is 216 g/mol. The van der Waals surface area contributed by atoms with Crippen LogP contribution in [0, 0.1) is 5.92 Å². The summed E-state index contributed by atoms with van der Waals surface area (Å²) >= 11 is 0. The van der Waals surface area contributed by atoms with Gasteiger partial charge in [-0.2, -0.15) is 5.10 Å². The standard InChI is InChI=1S/C12H16N4/c1-9(2)7-16-8-11(13)12(15-16)10-4-3-5-14-6-10/h3-6,8-9H,7,13H2,1-2H3. The van der Waals surface area contributed by atoms with Gasteiger partial charge >= 0.3 is 0 Å². The van der Waals surface area contributed by atoms with Gasteiger partial charge in [0.2, 0.25) is 0 Å². The fraction of sp³-hybridized carbons (Fsp3) is 0.333. The van der Waals surface area contributed by atoms with E-state index in [0.717, 1.165) is 17.8 Å². The number of hydrogen-bond acceptors (Lipinski definition) is 3. The van der Waals surface area contributed by atoms with Crippen LogP contribution < -0.4 is 5.73 Å². The highest BCUT2D eigenvalue weighted by molar-refractivity contribution is 5.71. The van der Waals surface area contributed by atoms with Gasteiger partial charge in [-0.1, -0.05) is 13.8 Å². The van der Waals surface area contributed by atoms with Crippen molar-refractivity contribution in [2.45, 2.75) is 20.4 Å². The molecule has 0 unspecified atom stereocenters. The van der Waals surface area contributed by atoms with Crippen LogP contribution in [0.15, 0.2) is 30.7 Å². The third-order valence-electron chi connectivity index (χ3n) is 2.28. The molecule has 2 heterocycles. The molecule has 0 atom stereocenters. The van der Waals surface area contributed by atoms with Gasteiger partial charge in [0, 0.05) is 30.7 Å². The molecule has 0 amide bonds. The number of nitrogens with zero attached hydrogens (tertiary/aromatic N) is 3. The molecule has 2 aromatic rings. The molecule has 84 valence electrons. The van der Waals surface area contributed by atoms with Gasteiger partial charge in [-0.25, -0.2) is 0 Å². The second-order valence-electron chi connectivity index (χ2n) is 4.29. The molecule has 0 aliphatic rings. The second-order valence-corrected chi connectivity index (χ2v) is 4.29. The summed E-state index contributed by atoms with van der Waals surface area (Å²) in [6.45, 7) is 5.19. The highest BCUT2D eigenvalue weighted by Gasteiger charge is 2.08. The predicted octanol–water partition coefficient (Wildman–Crippen LogP) is 2.18. The first-order valence-corrected chi connectivity index (χ1v) is 5.40. The lowest BCUT2D eigenvalue weighted by atomic mass is 10.2. The highest BCUT2D eigenvalue weighted by Crippen LogP contribution is 2.22. The van der Waals surface area contributed by atoms with Crippen LogP contribution in [-0.4, -0.2) is 14.8 Å². The van der Waals surface area contributed by atoms with E-state index < -0.39 is 0 Å². The molecule has 0 aliphatic carbocycles. The molecular formula is C12H16N4. The average molecular weight is 216 g/mol. The van der Waals surface area contributed by atoms with Gasteiger partial charge in [0.05, 0.1) is 5.69 Å². The van der Waals surface area contributed by atoms with E-state index in [1.807, 2.05) is 23.0 Å². The predicted molar refractivity (Wildman–Crippen MR) is 64.7 cm³/mol. The summed E-state index contributed by atoms with van der Waals surface area (Å²) in [6, 6.07) is 3.85. The lowest BCUT2D eigenvalue weighted by molar-refractivity contribution is 0.484. The maximum absolute atomic E-state index is 5.94. The number of anilines is 1. The average Bonchev–Trinajstić information content (AvgIpc) is 2.60. The molecule has 2 aromatic heterocycles. The summed E-state index contributed by atoms with van der Waals surface area (Å²) < 4.78 is 1.89. The Bertz CT molecular complexity index is 459. The van der Waals surface area contributed by atoms with E-state index in [-0.39, 0.29) is 0 Å². The molecule has 4 heteroatoms. The summed E-state index contributed by atoms with van der Waals surface area (Å²) in [5.74, 6) is 0.557. The van der Waals surface area contributed by atoms with E-state index in [9.17, 15) is 0 Å². The molecule has 0 aliphatic heterocycles. The smallest absolute Gasteiger partial charge is 0.117 e. The van der Waals surface area contributed by atoms with Crippen LogP contribution in [-0.2, 0) is 6.54 Å². The third kappa shape index (κ3) is 2.21. The van der Waals surface area contributed by atoms with Crippen molar-refractivity contribution < 1.29 is 0 Å². The van der Waals surface area contributed by atoms with Gasteiger partial charge in [-0.3, -0.25) is 9.67 Å². The van der Waals surface area contributed by atoms with Crippen LogP contribution in [0.25, 0.3) is 11.3 Å². The number of rotatable bonds is 3. The van der Waals surface area contributed by atoms with Gasteiger partial charge in [0.25, 0.3) is 0 Å². The maximum atomic E-state index is 5.94. The lowest BCUT2D eigenvalue weighted by Gasteiger charge is -2.03. The van der Waals surface area contributed by atoms with Gasteiger partial charge in [0.15, 0.2) is 0 Å². The van der Waals surface area contributed by atoms with Crippen LogP contribution in [0.1, 0.15) is 13.8 Å².